The molecule has 1 atom stereocenters. The van der Waals surface area contributed by atoms with Crippen molar-refractivity contribution >= 4 is 33.4 Å². The predicted octanol–water partition coefficient (Wildman–Crippen LogP) is 1.08. The molecule has 0 radical (unpaired) electrons. The monoisotopic (exact) mass is 401 g/mol. The third-order valence-electron chi connectivity index (χ3n) is 4.25. The first-order valence-electron chi connectivity index (χ1n) is 8.75. The number of hydrogen-bond donors (Lipinski definition) is 2. The Labute approximate surface area is 160 Å². The molecule has 0 bridgehead atoms. The van der Waals surface area contributed by atoms with Gasteiger partial charge in [-0.05, 0) is 45.8 Å². The summed E-state index contributed by atoms with van der Waals surface area (Å²) >= 11 is 5.17. The highest BCUT2D eigenvalue weighted by atomic mass is 32.2. The summed E-state index contributed by atoms with van der Waals surface area (Å²) in [5, 5.41) is 12.2. The molecule has 0 amide bonds. The third kappa shape index (κ3) is 5.75. The maximum Gasteiger partial charge on any atom is 0.186 e. The fraction of sp³-hybridized carbons (Fsp3) is 0.688. The molecule has 1 aromatic heterocycles. The van der Waals surface area contributed by atoms with Crippen LogP contribution < -0.4 is 10.7 Å². The lowest BCUT2D eigenvalue weighted by molar-refractivity contribution is 0.145. The Morgan fingerprint density at radius 1 is 1.50 bits per heavy atom. The topological polar surface area (TPSA) is 97.6 Å². The van der Waals surface area contributed by atoms with Gasteiger partial charge in [-0.25, -0.2) is 8.42 Å². The molecule has 146 valence electrons. The van der Waals surface area contributed by atoms with Crippen LogP contribution >= 0.6 is 12.2 Å². The van der Waals surface area contributed by atoms with Crippen LogP contribution in [0.3, 0.4) is 0 Å². The largest absolute Gasteiger partial charge is 0.382 e. The molecule has 1 aliphatic heterocycles. The van der Waals surface area contributed by atoms with E-state index in [2.05, 4.69) is 20.9 Å². The van der Waals surface area contributed by atoms with Crippen LogP contribution in [0.15, 0.2) is 5.10 Å². The predicted molar refractivity (Wildman–Crippen MR) is 106 cm³/mol. The van der Waals surface area contributed by atoms with Crippen LogP contribution in [-0.2, 0) is 14.6 Å². The second-order valence-electron chi connectivity index (χ2n) is 6.26. The minimum absolute atomic E-state index is 0.0955. The maximum absolute atomic E-state index is 11.7. The number of nitrogens with one attached hydrogen (secondary N) is 2. The molecule has 1 saturated heterocycles. The van der Waals surface area contributed by atoms with E-state index < -0.39 is 9.84 Å². The average Bonchev–Trinajstić information content (AvgIpc) is 3.07. The number of aromatic nitrogens is 2. The Morgan fingerprint density at radius 2 is 2.27 bits per heavy atom. The van der Waals surface area contributed by atoms with E-state index in [4.69, 9.17) is 17.0 Å². The Balaban J connectivity index is 1.89. The normalized spacial score (nSPS) is 19.1. The van der Waals surface area contributed by atoms with Gasteiger partial charge in [0.05, 0.1) is 29.5 Å². The van der Waals surface area contributed by atoms with Crippen molar-refractivity contribution in [2.75, 3.05) is 31.3 Å². The minimum Gasteiger partial charge on any atom is -0.382 e. The highest BCUT2D eigenvalue weighted by Gasteiger charge is 2.31. The minimum atomic E-state index is -2.95. The first-order chi connectivity index (χ1) is 12.3. The van der Waals surface area contributed by atoms with Gasteiger partial charge in [-0.15, -0.1) is 0 Å². The molecule has 10 heteroatoms. The van der Waals surface area contributed by atoms with Gasteiger partial charge in [-0.1, -0.05) is 0 Å². The molecular weight excluding hydrogens is 374 g/mol. The van der Waals surface area contributed by atoms with E-state index in [1.165, 1.54) is 0 Å². The molecule has 1 fully saturated rings. The molecular formula is C16H27N5O3S2. The van der Waals surface area contributed by atoms with Gasteiger partial charge in [-0.2, -0.15) is 10.2 Å². The summed E-state index contributed by atoms with van der Waals surface area (Å²) in [6.45, 7) is 7.91. The van der Waals surface area contributed by atoms with Gasteiger partial charge in [0.2, 0.25) is 0 Å². The number of hydrazone groups is 1. The molecule has 0 aliphatic carbocycles. The highest BCUT2D eigenvalue weighted by Crippen LogP contribution is 2.26. The summed E-state index contributed by atoms with van der Waals surface area (Å²) in [4.78, 5) is 0. The maximum atomic E-state index is 11.7. The summed E-state index contributed by atoms with van der Waals surface area (Å²) in [7, 11) is -2.95. The van der Waals surface area contributed by atoms with Gasteiger partial charge in [0, 0.05) is 31.0 Å². The molecule has 0 saturated carbocycles. The van der Waals surface area contributed by atoms with E-state index in [-0.39, 0.29) is 17.5 Å². The van der Waals surface area contributed by atoms with Crippen molar-refractivity contribution in [1.29, 1.82) is 0 Å². The van der Waals surface area contributed by atoms with Gasteiger partial charge in [0.15, 0.2) is 14.9 Å². The number of nitrogens with zero attached hydrogens (tertiary/aromatic N) is 3. The van der Waals surface area contributed by atoms with Crippen molar-refractivity contribution in [2.24, 2.45) is 5.10 Å². The molecule has 0 aromatic carbocycles. The molecule has 0 unspecified atom stereocenters. The molecule has 1 aliphatic rings. The van der Waals surface area contributed by atoms with Crippen molar-refractivity contribution in [1.82, 2.24) is 20.5 Å². The Hall–Kier alpha value is -1.52. The Morgan fingerprint density at radius 3 is 2.92 bits per heavy atom. The van der Waals surface area contributed by atoms with E-state index in [9.17, 15) is 8.42 Å². The first-order valence-corrected chi connectivity index (χ1v) is 11.0. The SMILES string of the molecule is CCOCCCNC(=S)N/N=C\c1c(C)nn([C@@H]2CCS(=O)(=O)C2)c1C. The number of aryl methyl sites for hydroxylation is 1. The lowest BCUT2D eigenvalue weighted by Gasteiger charge is -2.10. The smallest absolute Gasteiger partial charge is 0.186 e. The lowest BCUT2D eigenvalue weighted by Crippen LogP contribution is -2.33. The zero-order valence-corrected chi connectivity index (χ0v) is 17.1. The third-order valence-corrected chi connectivity index (χ3v) is 6.24. The van der Waals surface area contributed by atoms with Crippen LogP contribution in [0.25, 0.3) is 0 Å². The van der Waals surface area contributed by atoms with Crippen LogP contribution in [0.2, 0.25) is 0 Å². The number of ether oxygens (including phenoxy) is 1. The first kappa shape index (κ1) is 20.8. The second-order valence-corrected chi connectivity index (χ2v) is 8.90. The van der Waals surface area contributed by atoms with Crippen LogP contribution in [0, 0.1) is 13.8 Å². The lowest BCUT2D eigenvalue weighted by atomic mass is 10.2. The quantitative estimate of drug-likeness (QED) is 0.291. The fourth-order valence-electron chi connectivity index (χ4n) is 2.90. The summed E-state index contributed by atoms with van der Waals surface area (Å²) < 4.78 is 30.5. The number of hydrogen-bond acceptors (Lipinski definition) is 6. The molecule has 2 heterocycles. The van der Waals surface area contributed by atoms with Crippen LogP contribution in [-0.4, -0.2) is 60.8 Å². The van der Waals surface area contributed by atoms with Gasteiger partial charge in [0.1, 0.15) is 0 Å². The Bertz CT molecular complexity index is 758. The summed E-state index contributed by atoms with van der Waals surface area (Å²) in [6, 6.07) is -0.0955. The molecule has 1 aromatic rings. The summed E-state index contributed by atoms with van der Waals surface area (Å²) in [6.07, 6.45) is 3.15. The second kappa shape index (κ2) is 9.43. The van der Waals surface area contributed by atoms with Crippen molar-refractivity contribution in [3.05, 3.63) is 17.0 Å². The van der Waals surface area contributed by atoms with E-state index in [1.54, 1.807) is 6.21 Å². The van der Waals surface area contributed by atoms with E-state index >= 15 is 0 Å². The molecule has 2 rings (SSSR count). The average molecular weight is 402 g/mol. The van der Waals surface area contributed by atoms with Crippen molar-refractivity contribution in [2.45, 2.75) is 39.7 Å². The van der Waals surface area contributed by atoms with E-state index in [0.717, 1.165) is 23.4 Å². The molecule has 8 nitrogen and oxygen atoms in total. The highest BCUT2D eigenvalue weighted by molar-refractivity contribution is 7.91. The van der Waals surface area contributed by atoms with Gasteiger partial charge in [-0.3, -0.25) is 10.1 Å². The molecule has 2 N–H and O–H groups in total. The number of rotatable bonds is 8. The molecule has 0 spiro atoms. The number of sulfone groups is 1. The Kier molecular flexibility index (Phi) is 7.54. The summed E-state index contributed by atoms with van der Waals surface area (Å²) in [5.41, 5.74) is 5.38. The zero-order chi connectivity index (χ0) is 19.2. The van der Waals surface area contributed by atoms with Gasteiger partial charge in [0.25, 0.3) is 0 Å². The van der Waals surface area contributed by atoms with Gasteiger partial charge < -0.3 is 10.1 Å². The van der Waals surface area contributed by atoms with Crippen molar-refractivity contribution in [3.63, 3.8) is 0 Å². The standard InChI is InChI=1S/C16H27N5O3S2/c1-4-24-8-5-7-17-16(25)19-18-10-15-12(2)20-21(13(15)3)14-6-9-26(22,23)11-14/h10,14H,4-9,11H2,1-3H3,(H2,17,19,25)/b18-10-/t14-/m1/s1. The fourth-order valence-corrected chi connectivity index (χ4v) is 4.75. The van der Waals surface area contributed by atoms with Crippen LogP contribution in [0.1, 0.15) is 42.8 Å². The van der Waals surface area contributed by atoms with Crippen molar-refractivity contribution < 1.29 is 13.2 Å². The van der Waals surface area contributed by atoms with Crippen LogP contribution in [0.5, 0.6) is 0 Å². The van der Waals surface area contributed by atoms with Crippen molar-refractivity contribution in [3.8, 4) is 0 Å². The summed E-state index contributed by atoms with van der Waals surface area (Å²) in [5.74, 6) is 0.379. The molecule has 26 heavy (non-hydrogen) atoms. The van der Waals surface area contributed by atoms with Crippen LogP contribution in [0.4, 0.5) is 0 Å². The number of thiocarbonyl (C=S) groups is 1. The zero-order valence-electron chi connectivity index (χ0n) is 15.5. The van der Waals surface area contributed by atoms with E-state index in [1.807, 2.05) is 25.5 Å². The van der Waals surface area contributed by atoms with Gasteiger partial charge >= 0.3 is 0 Å². The van der Waals surface area contributed by atoms with E-state index in [0.29, 0.717) is 31.3 Å².